The van der Waals surface area contributed by atoms with E-state index in [1.54, 1.807) is 18.9 Å². The van der Waals surface area contributed by atoms with Crippen LogP contribution in [0.4, 0.5) is 5.69 Å². The molecule has 6 heteroatoms. The second-order valence-electron chi connectivity index (χ2n) is 3.74. The van der Waals surface area contributed by atoms with Gasteiger partial charge in [-0.1, -0.05) is 6.07 Å². The number of nitrogens with zero attached hydrogens (tertiary/aromatic N) is 4. The number of oxazole rings is 1. The Hall–Kier alpha value is -2.63. The zero-order chi connectivity index (χ0) is 12.2. The molecule has 2 heterocycles. The smallest absolute Gasteiger partial charge is 0.180 e. The average Bonchev–Trinajstić information content (AvgIpc) is 3.10. The summed E-state index contributed by atoms with van der Waals surface area (Å²) in [4.78, 5) is 3.87. The van der Waals surface area contributed by atoms with Crippen LogP contribution in [0.5, 0.6) is 0 Å². The van der Waals surface area contributed by atoms with E-state index in [2.05, 4.69) is 20.5 Å². The lowest BCUT2D eigenvalue weighted by Crippen LogP contribution is -1.99. The van der Waals surface area contributed by atoms with E-state index in [0.717, 1.165) is 17.1 Å². The number of rotatable bonds is 4. The molecule has 18 heavy (non-hydrogen) atoms. The van der Waals surface area contributed by atoms with Crippen LogP contribution in [0.15, 0.2) is 53.9 Å². The van der Waals surface area contributed by atoms with E-state index in [1.165, 1.54) is 6.39 Å². The summed E-state index contributed by atoms with van der Waals surface area (Å²) in [7, 11) is 0. The third kappa shape index (κ3) is 2.22. The summed E-state index contributed by atoms with van der Waals surface area (Å²) in [5.74, 6) is 0.796. The van der Waals surface area contributed by atoms with E-state index >= 15 is 0 Å². The normalized spacial score (nSPS) is 10.4. The van der Waals surface area contributed by atoms with Crippen molar-refractivity contribution in [3.8, 4) is 5.69 Å². The summed E-state index contributed by atoms with van der Waals surface area (Å²) in [6.07, 6.45) is 6.44. The molecule has 0 aliphatic heterocycles. The minimum Gasteiger partial charge on any atom is -0.447 e. The van der Waals surface area contributed by atoms with E-state index in [9.17, 15) is 0 Å². The quantitative estimate of drug-likeness (QED) is 0.755. The van der Waals surface area contributed by atoms with Crippen LogP contribution in [0, 0.1) is 0 Å². The molecule has 0 unspecified atom stereocenters. The van der Waals surface area contributed by atoms with E-state index in [1.807, 2.05) is 28.8 Å². The predicted molar refractivity (Wildman–Crippen MR) is 65.2 cm³/mol. The van der Waals surface area contributed by atoms with Crippen molar-refractivity contribution in [2.24, 2.45) is 0 Å². The topological polar surface area (TPSA) is 68.8 Å². The monoisotopic (exact) mass is 241 g/mol. The molecule has 0 saturated carbocycles. The largest absolute Gasteiger partial charge is 0.447 e. The summed E-state index contributed by atoms with van der Waals surface area (Å²) in [5, 5.41) is 10.8. The molecule has 90 valence electrons. The first-order valence-electron chi connectivity index (χ1n) is 5.48. The number of anilines is 1. The fourth-order valence-corrected chi connectivity index (χ4v) is 1.63. The number of hydrogen-bond donors (Lipinski definition) is 1. The Bertz CT molecular complexity index is 603. The zero-order valence-electron chi connectivity index (χ0n) is 9.52. The second-order valence-corrected chi connectivity index (χ2v) is 3.74. The van der Waals surface area contributed by atoms with E-state index < -0.39 is 0 Å². The number of aromatic nitrogens is 4. The lowest BCUT2D eigenvalue weighted by Gasteiger charge is -2.06. The number of benzene rings is 1. The van der Waals surface area contributed by atoms with E-state index in [0.29, 0.717) is 6.54 Å². The maximum atomic E-state index is 5.16. The molecule has 0 radical (unpaired) electrons. The molecule has 0 saturated heterocycles. The third-order valence-corrected chi connectivity index (χ3v) is 2.51. The molecule has 6 nitrogen and oxygen atoms in total. The van der Waals surface area contributed by atoms with Crippen molar-refractivity contribution in [1.29, 1.82) is 0 Å². The van der Waals surface area contributed by atoms with E-state index in [-0.39, 0.29) is 0 Å². The van der Waals surface area contributed by atoms with Gasteiger partial charge in [-0.3, -0.25) is 4.57 Å². The van der Waals surface area contributed by atoms with Gasteiger partial charge in [0.05, 0.1) is 18.4 Å². The van der Waals surface area contributed by atoms with Gasteiger partial charge < -0.3 is 9.73 Å². The Labute approximate surface area is 103 Å². The molecule has 3 rings (SSSR count). The van der Waals surface area contributed by atoms with Crippen LogP contribution in [-0.4, -0.2) is 19.7 Å². The highest BCUT2D eigenvalue weighted by molar-refractivity contribution is 5.51. The second kappa shape index (κ2) is 4.70. The molecule has 0 amide bonds. The standard InChI is InChI=1S/C12H11N5O/c1-2-10(14-6-12-5-13-9-18-12)4-11(3-1)17-7-15-16-8-17/h1-5,7-9,14H,6H2. The third-order valence-electron chi connectivity index (χ3n) is 2.51. The van der Waals surface area contributed by atoms with Crippen LogP contribution >= 0.6 is 0 Å². The lowest BCUT2D eigenvalue weighted by molar-refractivity contribution is 0.512. The average molecular weight is 241 g/mol. The van der Waals surface area contributed by atoms with Crippen LogP contribution in [0.3, 0.4) is 0 Å². The maximum absolute atomic E-state index is 5.16. The van der Waals surface area contributed by atoms with Gasteiger partial charge in [0.15, 0.2) is 6.39 Å². The van der Waals surface area contributed by atoms with Crippen LogP contribution in [-0.2, 0) is 6.54 Å². The first-order chi connectivity index (χ1) is 8.92. The predicted octanol–water partition coefficient (Wildman–Crippen LogP) is 1.87. The molecular formula is C12H11N5O. The Balaban J connectivity index is 1.75. The fourth-order valence-electron chi connectivity index (χ4n) is 1.63. The minimum absolute atomic E-state index is 0.603. The van der Waals surface area contributed by atoms with Gasteiger partial charge in [0, 0.05) is 5.69 Å². The summed E-state index contributed by atoms with van der Waals surface area (Å²) in [6, 6.07) is 7.96. The van der Waals surface area contributed by atoms with Crippen LogP contribution < -0.4 is 5.32 Å². The van der Waals surface area contributed by atoms with Crippen molar-refractivity contribution in [1.82, 2.24) is 19.7 Å². The fraction of sp³-hybridized carbons (Fsp3) is 0.0833. The summed E-state index contributed by atoms with van der Waals surface area (Å²) < 4.78 is 7.01. The summed E-state index contributed by atoms with van der Waals surface area (Å²) in [6.45, 7) is 0.603. The van der Waals surface area contributed by atoms with Crippen LogP contribution in [0.25, 0.3) is 5.69 Å². The lowest BCUT2D eigenvalue weighted by atomic mass is 10.2. The van der Waals surface area contributed by atoms with Crippen molar-refractivity contribution in [2.75, 3.05) is 5.32 Å². The molecule has 0 aliphatic carbocycles. The van der Waals surface area contributed by atoms with Gasteiger partial charge in [-0.05, 0) is 18.2 Å². The molecular weight excluding hydrogens is 230 g/mol. The molecule has 2 aromatic heterocycles. The summed E-state index contributed by atoms with van der Waals surface area (Å²) >= 11 is 0. The van der Waals surface area contributed by atoms with Gasteiger partial charge in [-0.15, -0.1) is 10.2 Å². The molecule has 0 spiro atoms. The van der Waals surface area contributed by atoms with E-state index in [4.69, 9.17) is 4.42 Å². The Morgan fingerprint density at radius 3 is 2.89 bits per heavy atom. The molecule has 0 bridgehead atoms. The number of nitrogens with one attached hydrogen (secondary N) is 1. The Morgan fingerprint density at radius 1 is 1.22 bits per heavy atom. The maximum Gasteiger partial charge on any atom is 0.180 e. The van der Waals surface area contributed by atoms with Gasteiger partial charge >= 0.3 is 0 Å². The number of hydrogen-bond acceptors (Lipinski definition) is 5. The molecule has 1 N–H and O–H groups in total. The van der Waals surface area contributed by atoms with Crippen molar-refractivity contribution >= 4 is 5.69 Å². The summed E-state index contributed by atoms with van der Waals surface area (Å²) in [5.41, 5.74) is 2.00. The highest BCUT2D eigenvalue weighted by Gasteiger charge is 2.00. The molecule has 0 aliphatic rings. The van der Waals surface area contributed by atoms with Gasteiger partial charge in [-0.2, -0.15) is 0 Å². The molecule has 0 atom stereocenters. The minimum atomic E-state index is 0.603. The molecule has 3 aromatic rings. The first-order valence-corrected chi connectivity index (χ1v) is 5.48. The van der Waals surface area contributed by atoms with Crippen LogP contribution in [0.1, 0.15) is 5.76 Å². The Kier molecular flexibility index (Phi) is 2.75. The molecule has 1 aromatic carbocycles. The van der Waals surface area contributed by atoms with Gasteiger partial charge in [0.1, 0.15) is 18.4 Å². The highest BCUT2D eigenvalue weighted by atomic mass is 16.3. The van der Waals surface area contributed by atoms with Crippen molar-refractivity contribution in [2.45, 2.75) is 6.54 Å². The zero-order valence-corrected chi connectivity index (χ0v) is 9.52. The van der Waals surface area contributed by atoms with Gasteiger partial charge in [-0.25, -0.2) is 4.98 Å². The first kappa shape index (κ1) is 10.5. The van der Waals surface area contributed by atoms with Gasteiger partial charge in [0.2, 0.25) is 0 Å². The molecule has 0 fully saturated rings. The SMILES string of the molecule is c1cc(NCc2cnco2)cc(-n2cnnc2)c1. The highest BCUT2D eigenvalue weighted by Crippen LogP contribution is 2.14. The van der Waals surface area contributed by atoms with Crippen molar-refractivity contribution < 1.29 is 4.42 Å². The Morgan fingerprint density at radius 2 is 2.11 bits per heavy atom. The van der Waals surface area contributed by atoms with Crippen LogP contribution in [0.2, 0.25) is 0 Å². The van der Waals surface area contributed by atoms with Crippen molar-refractivity contribution in [3.05, 3.63) is 55.3 Å². The van der Waals surface area contributed by atoms with Gasteiger partial charge in [0.25, 0.3) is 0 Å². The van der Waals surface area contributed by atoms with Crippen molar-refractivity contribution in [3.63, 3.8) is 0 Å².